The molecule has 118 valence electrons. The maximum Gasteiger partial charge on any atom is 0.538 e. The van der Waals surface area contributed by atoms with Crippen LogP contribution in [0.5, 0.6) is 5.75 Å². The van der Waals surface area contributed by atoms with Gasteiger partial charge in [-0.2, -0.15) is 8.42 Å². The van der Waals surface area contributed by atoms with Crippen LogP contribution in [-0.4, -0.2) is 32.6 Å². The summed E-state index contributed by atoms with van der Waals surface area (Å²) in [5, 5.41) is 10.2. The van der Waals surface area contributed by atoms with Crippen molar-refractivity contribution in [1.82, 2.24) is 0 Å². The number of benzene rings is 1. The third-order valence-electron chi connectivity index (χ3n) is 2.42. The zero-order chi connectivity index (χ0) is 16.4. The highest BCUT2D eigenvalue weighted by molar-refractivity contribution is 9.10. The number of ether oxygens (including phenoxy) is 1. The zero-order valence-corrected chi connectivity index (χ0v) is 13.2. The molecule has 0 bridgehead atoms. The third-order valence-corrected chi connectivity index (χ3v) is 4.41. The number of halogens is 3. The van der Waals surface area contributed by atoms with Crippen molar-refractivity contribution in [1.29, 1.82) is 0 Å². The molecule has 0 N–H and O–H groups in total. The largest absolute Gasteiger partial charge is 0.538 e. The van der Waals surface area contributed by atoms with Gasteiger partial charge >= 0.3 is 6.05 Å². The molecule has 1 rings (SSSR count). The van der Waals surface area contributed by atoms with Gasteiger partial charge in [0, 0.05) is 0 Å². The zero-order valence-electron chi connectivity index (χ0n) is 10.7. The summed E-state index contributed by atoms with van der Waals surface area (Å²) in [6, 6.07) is -1.12. The number of nitro groups is 1. The number of nitrogens with zero attached hydrogens (tertiary/aromatic N) is 1. The normalized spacial score (nSPS) is 13.8. The van der Waals surface area contributed by atoms with Crippen LogP contribution in [0.15, 0.2) is 27.6 Å². The first-order chi connectivity index (χ1) is 9.52. The number of hydrogen-bond acceptors (Lipinski definition) is 6. The molecule has 0 aliphatic rings. The molecule has 0 spiro atoms. The second-order valence-electron chi connectivity index (χ2n) is 3.83. The predicted octanol–water partition coefficient (Wildman–Crippen LogP) is 2.42. The Hall–Kier alpha value is -1.33. The minimum atomic E-state index is -4.59. The lowest BCUT2D eigenvalue weighted by Crippen LogP contribution is -2.41. The molecular weight excluding hydrogens is 380 g/mol. The highest BCUT2D eigenvalue weighted by atomic mass is 79.9. The van der Waals surface area contributed by atoms with E-state index in [2.05, 4.69) is 20.1 Å². The molecule has 1 atom stereocenters. The van der Waals surface area contributed by atoms with Crippen LogP contribution < -0.4 is 4.74 Å². The SMILES string of the molecule is COc1ccc(S(=O)(=O)OC(C)C(F)(F)[N+](=O)[O-])cc1Br. The van der Waals surface area contributed by atoms with E-state index in [4.69, 9.17) is 4.74 Å². The monoisotopic (exact) mass is 389 g/mol. The molecule has 1 aromatic rings. The fourth-order valence-corrected chi connectivity index (χ4v) is 3.05. The quantitative estimate of drug-likeness (QED) is 0.320. The molecule has 21 heavy (non-hydrogen) atoms. The summed E-state index contributed by atoms with van der Waals surface area (Å²) in [5.41, 5.74) is 0. The average Bonchev–Trinajstić information content (AvgIpc) is 2.37. The van der Waals surface area contributed by atoms with Crippen LogP contribution in [0.2, 0.25) is 0 Å². The standard InChI is InChI=1S/C10H10BrF2NO6S/c1-6(10(12,13)14(15)16)20-21(17,18)7-3-4-9(19-2)8(11)5-7/h3-6H,1-2H3. The maximum absolute atomic E-state index is 13.1. The Morgan fingerprint density at radius 2 is 2.00 bits per heavy atom. The lowest BCUT2D eigenvalue weighted by molar-refractivity contribution is -0.654. The van der Waals surface area contributed by atoms with Gasteiger partial charge in [-0.25, -0.2) is 4.18 Å². The fraction of sp³-hybridized carbons (Fsp3) is 0.400. The predicted molar refractivity (Wildman–Crippen MR) is 70.4 cm³/mol. The maximum atomic E-state index is 13.1. The van der Waals surface area contributed by atoms with E-state index >= 15 is 0 Å². The van der Waals surface area contributed by atoms with E-state index in [9.17, 15) is 27.3 Å². The van der Waals surface area contributed by atoms with E-state index in [1.807, 2.05) is 0 Å². The molecule has 0 saturated carbocycles. The van der Waals surface area contributed by atoms with Crippen LogP contribution in [0.4, 0.5) is 8.78 Å². The summed E-state index contributed by atoms with van der Waals surface area (Å²) < 4.78 is 59.1. The Morgan fingerprint density at radius 1 is 1.43 bits per heavy atom. The van der Waals surface area contributed by atoms with Gasteiger partial charge in [0.25, 0.3) is 10.1 Å². The minimum Gasteiger partial charge on any atom is -0.496 e. The fourth-order valence-electron chi connectivity index (χ4n) is 1.25. The van der Waals surface area contributed by atoms with Crippen molar-refractivity contribution in [3.63, 3.8) is 0 Å². The number of hydrogen-bond donors (Lipinski definition) is 0. The molecule has 0 aliphatic carbocycles. The van der Waals surface area contributed by atoms with Crippen molar-refractivity contribution in [2.24, 2.45) is 0 Å². The van der Waals surface area contributed by atoms with Gasteiger partial charge in [0.1, 0.15) is 5.75 Å². The summed E-state index contributed by atoms with van der Waals surface area (Å²) >= 11 is 3.03. The smallest absolute Gasteiger partial charge is 0.496 e. The van der Waals surface area contributed by atoms with Gasteiger partial charge in [-0.05, 0) is 41.1 Å². The van der Waals surface area contributed by atoms with Crippen molar-refractivity contribution in [2.75, 3.05) is 7.11 Å². The Bertz CT molecular complexity index is 651. The Labute approximate surface area is 127 Å². The first kappa shape index (κ1) is 17.7. The van der Waals surface area contributed by atoms with Crippen LogP contribution in [0.1, 0.15) is 6.92 Å². The van der Waals surface area contributed by atoms with Crippen LogP contribution in [0.25, 0.3) is 0 Å². The lowest BCUT2D eigenvalue weighted by atomic mass is 10.3. The van der Waals surface area contributed by atoms with Gasteiger partial charge in [0.05, 0.1) is 21.4 Å². The Balaban J connectivity index is 3.07. The van der Waals surface area contributed by atoms with Crippen LogP contribution in [0, 0.1) is 10.1 Å². The van der Waals surface area contributed by atoms with Crippen molar-refractivity contribution in [2.45, 2.75) is 24.0 Å². The van der Waals surface area contributed by atoms with Crippen molar-refractivity contribution in [3.05, 3.63) is 32.8 Å². The van der Waals surface area contributed by atoms with Crippen molar-refractivity contribution >= 4 is 26.0 Å². The van der Waals surface area contributed by atoms with Gasteiger partial charge in [-0.3, -0.25) is 10.1 Å². The highest BCUT2D eigenvalue weighted by Gasteiger charge is 2.53. The van der Waals surface area contributed by atoms with Gasteiger partial charge < -0.3 is 4.74 Å². The first-order valence-corrected chi connectivity index (χ1v) is 7.51. The van der Waals surface area contributed by atoms with E-state index in [1.54, 1.807) is 0 Å². The average molecular weight is 390 g/mol. The molecule has 11 heteroatoms. The van der Waals surface area contributed by atoms with Gasteiger partial charge in [-0.1, -0.05) is 0 Å². The first-order valence-electron chi connectivity index (χ1n) is 5.31. The summed E-state index contributed by atoms with van der Waals surface area (Å²) in [4.78, 5) is 7.83. The molecule has 0 heterocycles. The van der Waals surface area contributed by atoms with E-state index in [-0.39, 0.29) is 4.47 Å². The number of methoxy groups -OCH3 is 1. The van der Waals surface area contributed by atoms with Crippen LogP contribution in [-0.2, 0) is 14.3 Å². The Morgan fingerprint density at radius 3 is 2.43 bits per heavy atom. The molecule has 0 aromatic heterocycles. The van der Waals surface area contributed by atoms with Crippen LogP contribution >= 0.6 is 15.9 Å². The molecular formula is C10H10BrF2NO6S. The highest BCUT2D eigenvalue weighted by Crippen LogP contribution is 2.30. The minimum absolute atomic E-state index is 0.253. The third kappa shape index (κ3) is 3.86. The Kier molecular flexibility index (Phi) is 5.23. The van der Waals surface area contributed by atoms with Crippen molar-refractivity contribution < 1.29 is 31.0 Å². The summed E-state index contributed by atoms with van der Waals surface area (Å²) in [7, 11) is -3.24. The van der Waals surface area contributed by atoms with Crippen LogP contribution in [0.3, 0.4) is 0 Å². The summed E-state index contributed by atoms with van der Waals surface area (Å²) in [6.45, 7) is 0.596. The second kappa shape index (κ2) is 6.20. The molecule has 0 radical (unpaired) electrons. The molecule has 1 unspecified atom stereocenters. The molecule has 0 amide bonds. The molecule has 0 aliphatic heterocycles. The summed E-state index contributed by atoms with van der Waals surface area (Å²) in [6.07, 6.45) is -2.46. The second-order valence-corrected chi connectivity index (χ2v) is 6.26. The molecule has 0 fully saturated rings. The van der Waals surface area contributed by atoms with E-state index in [0.29, 0.717) is 12.7 Å². The molecule has 1 aromatic carbocycles. The molecule has 0 saturated heterocycles. The number of rotatable bonds is 6. The van der Waals surface area contributed by atoms with Gasteiger partial charge in [-0.15, -0.1) is 8.78 Å². The van der Waals surface area contributed by atoms with Crippen molar-refractivity contribution in [3.8, 4) is 5.75 Å². The topological polar surface area (TPSA) is 95.7 Å². The van der Waals surface area contributed by atoms with E-state index in [0.717, 1.165) is 12.1 Å². The van der Waals surface area contributed by atoms with E-state index < -0.39 is 32.1 Å². The number of alkyl halides is 2. The summed E-state index contributed by atoms with van der Waals surface area (Å²) in [5.74, 6) is 0.317. The molecule has 7 nitrogen and oxygen atoms in total. The van der Waals surface area contributed by atoms with Gasteiger partial charge in [0.2, 0.25) is 6.10 Å². The lowest BCUT2D eigenvalue weighted by Gasteiger charge is -2.16. The van der Waals surface area contributed by atoms with E-state index in [1.165, 1.54) is 13.2 Å². The van der Waals surface area contributed by atoms with Gasteiger partial charge in [0.15, 0.2) is 0 Å².